The van der Waals surface area contributed by atoms with Crippen LogP contribution in [0.1, 0.15) is 26.2 Å². The van der Waals surface area contributed by atoms with Gasteiger partial charge in [-0.15, -0.1) is 0 Å². The first kappa shape index (κ1) is 15.2. The molecule has 2 atom stereocenters. The Bertz CT molecular complexity index is 322. The summed E-state index contributed by atoms with van der Waals surface area (Å²) in [5.41, 5.74) is 0. The van der Waals surface area contributed by atoms with Gasteiger partial charge in [0.15, 0.2) is 0 Å². The molecule has 2 N–H and O–H groups in total. The number of nitrogens with zero attached hydrogens (tertiary/aromatic N) is 1. The van der Waals surface area contributed by atoms with Crippen LogP contribution >= 0.6 is 11.8 Å². The molecule has 0 radical (unpaired) electrons. The van der Waals surface area contributed by atoms with E-state index in [0.29, 0.717) is 6.54 Å². The summed E-state index contributed by atoms with van der Waals surface area (Å²) in [6.07, 6.45) is 4.54. The molecule has 5 nitrogen and oxygen atoms in total. The zero-order valence-electron chi connectivity index (χ0n) is 10.4. The van der Waals surface area contributed by atoms with Gasteiger partial charge in [0, 0.05) is 24.4 Å². The highest BCUT2D eigenvalue weighted by Gasteiger charge is 2.32. The maximum Gasteiger partial charge on any atom is 0.280 e. The number of thioether (sulfide) groups is 1. The molecule has 102 valence electrons. The van der Waals surface area contributed by atoms with Gasteiger partial charge in [0.1, 0.15) is 0 Å². The van der Waals surface area contributed by atoms with Gasteiger partial charge in [-0.05, 0) is 26.0 Å². The first-order valence-electron chi connectivity index (χ1n) is 5.90. The first-order valence-corrected chi connectivity index (χ1v) is 8.73. The van der Waals surface area contributed by atoms with Crippen LogP contribution in [-0.4, -0.2) is 55.1 Å². The third-order valence-electron chi connectivity index (χ3n) is 2.86. The van der Waals surface area contributed by atoms with Crippen molar-refractivity contribution in [2.24, 2.45) is 0 Å². The second-order valence-corrected chi connectivity index (χ2v) is 6.99. The van der Waals surface area contributed by atoms with Gasteiger partial charge in [-0.1, -0.05) is 6.42 Å². The largest absolute Gasteiger partial charge is 0.395 e. The smallest absolute Gasteiger partial charge is 0.280 e. The Kier molecular flexibility index (Phi) is 6.22. The van der Waals surface area contributed by atoms with E-state index in [9.17, 15) is 13.5 Å². The van der Waals surface area contributed by atoms with E-state index in [0.717, 1.165) is 25.0 Å². The molecule has 17 heavy (non-hydrogen) atoms. The quantitative estimate of drug-likeness (QED) is 0.741. The normalized spacial score (nSPS) is 24.8. The Morgan fingerprint density at radius 3 is 2.82 bits per heavy atom. The van der Waals surface area contributed by atoms with Crippen molar-refractivity contribution in [3.05, 3.63) is 0 Å². The van der Waals surface area contributed by atoms with Crippen molar-refractivity contribution in [3.8, 4) is 0 Å². The molecule has 0 aromatic carbocycles. The molecule has 0 aromatic heterocycles. The molecule has 0 bridgehead atoms. The lowest BCUT2D eigenvalue weighted by molar-refractivity contribution is 0.153. The summed E-state index contributed by atoms with van der Waals surface area (Å²) in [7, 11) is -3.46. The maximum absolute atomic E-state index is 12.1. The molecule has 0 aromatic rings. The highest BCUT2D eigenvalue weighted by atomic mass is 32.2. The molecule has 7 heteroatoms. The van der Waals surface area contributed by atoms with E-state index < -0.39 is 10.2 Å². The number of rotatable bonds is 6. The van der Waals surface area contributed by atoms with Crippen LogP contribution in [0.25, 0.3) is 0 Å². The Hall–Kier alpha value is 0.180. The minimum absolute atomic E-state index is 0.0868. The van der Waals surface area contributed by atoms with E-state index in [4.69, 9.17) is 0 Å². The van der Waals surface area contributed by atoms with Crippen molar-refractivity contribution in [2.75, 3.05) is 25.2 Å². The third kappa shape index (κ3) is 4.40. The van der Waals surface area contributed by atoms with Gasteiger partial charge >= 0.3 is 0 Å². The van der Waals surface area contributed by atoms with Crippen LogP contribution in [-0.2, 0) is 10.2 Å². The Morgan fingerprint density at radius 1 is 1.53 bits per heavy atom. The number of piperidine rings is 1. The lowest BCUT2D eigenvalue weighted by Crippen LogP contribution is -2.52. The molecule has 1 fully saturated rings. The maximum atomic E-state index is 12.1. The number of hydrogen-bond donors (Lipinski definition) is 2. The van der Waals surface area contributed by atoms with Gasteiger partial charge in [0.2, 0.25) is 0 Å². The van der Waals surface area contributed by atoms with E-state index in [1.54, 1.807) is 11.8 Å². The van der Waals surface area contributed by atoms with E-state index >= 15 is 0 Å². The second-order valence-electron chi connectivity index (χ2n) is 4.42. The van der Waals surface area contributed by atoms with Crippen LogP contribution in [0.3, 0.4) is 0 Å². The number of aliphatic hydroxyl groups excluding tert-OH is 1. The highest BCUT2D eigenvalue weighted by molar-refractivity contribution is 7.98. The Morgan fingerprint density at radius 2 is 2.24 bits per heavy atom. The van der Waals surface area contributed by atoms with Crippen LogP contribution in [0.2, 0.25) is 0 Å². The summed E-state index contributed by atoms with van der Waals surface area (Å²) < 4.78 is 28.3. The van der Waals surface area contributed by atoms with Gasteiger partial charge < -0.3 is 5.11 Å². The molecule has 1 aliphatic rings. The fourth-order valence-electron chi connectivity index (χ4n) is 2.08. The molecular weight excluding hydrogens is 260 g/mol. The van der Waals surface area contributed by atoms with Crippen molar-refractivity contribution in [1.29, 1.82) is 0 Å². The first-order chi connectivity index (χ1) is 8.01. The van der Waals surface area contributed by atoms with Crippen LogP contribution in [0, 0.1) is 0 Å². The van der Waals surface area contributed by atoms with Crippen molar-refractivity contribution in [3.63, 3.8) is 0 Å². The van der Waals surface area contributed by atoms with Gasteiger partial charge in [0.05, 0.1) is 6.61 Å². The van der Waals surface area contributed by atoms with Crippen molar-refractivity contribution >= 4 is 22.0 Å². The molecule has 1 aliphatic heterocycles. The third-order valence-corrected chi connectivity index (χ3v) is 5.49. The average Bonchev–Trinajstić information content (AvgIpc) is 2.28. The predicted molar refractivity (Wildman–Crippen MR) is 71.3 cm³/mol. The number of hydrogen-bond acceptors (Lipinski definition) is 4. The Balaban J connectivity index is 2.67. The molecule has 1 rings (SSSR count). The van der Waals surface area contributed by atoms with Crippen LogP contribution in [0.15, 0.2) is 0 Å². The molecule has 0 spiro atoms. The van der Waals surface area contributed by atoms with E-state index in [1.807, 2.05) is 13.2 Å². The van der Waals surface area contributed by atoms with Gasteiger partial charge in [0.25, 0.3) is 10.2 Å². The minimum atomic E-state index is -3.46. The van der Waals surface area contributed by atoms with E-state index in [-0.39, 0.29) is 18.7 Å². The molecule has 2 unspecified atom stereocenters. The number of aliphatic hydroxyl groups is 1. The topological polar surface area (TPSA) is 69.6 Å². The number of nitrogens with one attached hydrogen (secondary N) is 1. The zero-order valence-corrected chi connectivity index (χ0v) is 12.1. The highest BCUT2D eigenvalue weighted by Crippen LogP contribution is 2.19. The molecule has 1 heterocycles. The molecule has 1 saturated heterocycles. The van der Waals surface area contributed by atoms with Crippen molar-refractivity contribution in [2.45, 2.75) is 38.3 Å². The summed E-state index contributed by atoms with van der Waals surface area (Å²) in [5, 5.41) is 9.22. The van der Waals surface area contributed by atoms with Crippen LogP contribution in [0.4, 0.5) is 0 Å². The predicted octanol–water partition coefficient (Wildman–Crippen LogP) is 0.419. The molecule has 0 amide bonds. The zero-order chi connectivity index (χ0) is 12.9. The lowest BCUT2D eigenvalue weighted by Gasteiger charge is -2.34. The van der Waals surface area contributed by atoms with Crippen molar-refractivity contribution < 1.29 is 13.5 Å². The fourth-order valence-corrected chi connectivity index (χ4v) is 4.43. The van der Waals surface area contributed by atoms with E-state index in [1.165, 1.54) is 4.31 Å². The standard InChI is InChI=1S/C10H22N2O3S2/c1-9(8-16-2)11-17(14,15)12-6-4-3-5-10(12)7-13/h9-11,13H,3-8H2,1-2H3. The summed E-state index contributed by atoms with van der Waals surface area (Å²) in [4.78, 5) is 0. The van der Waals surface area contributed by atoms with Crippen molar-refractivity contribution in [1.82, 2.24) is 9.03 Å². The molecule has 0 saturated carbocycles. The van der Waals surface area contributed by atoms with Gasteiger partial charge in [-0.2, -0.15) is 29.2 Å². The fraction of sp³-hybridized carbons (Fsp3) is 1.00. The molecular formula is C10H22N2O3S2. The van der Waals surface area contributed by atoms with Crippen LogP contribution in [0.5, 0.6) is 0 Å². The lowest BCUT2D eigenvalue weighted by atomic mass is 10.1. The van der Waals surface area contributed by atoms with Gasteiger partial charge in [-0.3, -0.25) is 0 Å². The van der Waals surface area contributed by atoms with Gasteiger partial charge in [-0.25, -0.2) is 0 Å². The van der Waals surface area contributed by atoms with Crippen LogP contribution < -0.4 is 4.72 Å². The Labute approximate surface area is 108 Å². The SMILES string of the molecule is CSCC(C)NS(=O)(=O)N1CCCCC1CO. The summed E-state index contributed by atoms with van der Waals surface area (Å²) >= 11 is 1.61. The monoisotopic (exact) mass is 282 g/mol. The minimum Gasteiger partial charge on any atom is -0.395 e. The molecule has 0 aliphatic carbocycles. The van der Waals surface area contributed by atoms with E-state index in [2.05, 4.69) is 4.72 Å². The second kappa shape index (κ2) is 6.94. The summed E-state index contributed by atoms with van der Waals surface area (Å²) in [6.45, 7) is 2.26. The summed E-state index contributed by atoms with van der Waals surface area (Å²) in [5.74, 6) is 0.747. The average molecular weight is 282 g/mol. The summed E-state index contributed by atoms with van der Waals surface area (Å²) in [6, 6.07) is -0.348.